The van der Waals surface area contributed by atoms with Gasteiger partial charge in [0.2, 0.25) is 0 Å². The van der Waals surface area contributed by atoms with Crippen LogP contribution >= 0.6 is 36.2 Å². The molecular formula is C42H48Cl2P3Ru. The van der Waals surface area contributed by atoms with Gasteiger partial charge in [-0.2, -0.15) is 0 Å². The van der Waals surface area contributed by atoms with Gasteiger partial charge in [0.15, 0.2) is 0 Å². The van der Waals surface area contributed by atoms with Crippen LogP contribution in [-0.4, -0.2) is 18.5 Å². The molecule has 0 bridgehead atoms. The number of rotatable bonds is 12. The number of halogens is 2. The van der Waals surface area contributed by atoms with Crippen molar-refractivity contribution in [3.05, 3.63) is 182 Å². The van der Waals surface area contributed by atoms with E-state index in [0.717, 1.165) is 18.5 Å². The molecule has 0 aromatic heterocycles. The first-order chi connectivity index (χ1) is 23.4. The second-order valence-corrected chi connectivity index (χ2v) is 73.4. The molecule has 0 unspecified atom stereocenters. The fourth-order valence-electron chi connectivity index (χ4n) is 8.42. The van der Waals surface area contributed by atoms with Gasteiger partial charge in [0, 0.05) is 0 Å². The Hall–Kier alpha value is -2.19. The van der Waals surface area contributed by atoms with Gasteiger partial charge in [0.25, 0.3) is 0 Å². The molecule has 253 valence electrons. The molecule has 6 aromatic carbocycles. The summed E-state index contributed by atoms with van der Waals surface area (Å²) in [5, 5.41) is 8.19. The third kappa shape index (κ3) is 4.99. The molecule has 6 heteroatoms. The quantitative estimate of drug-likeness (QED) is 0.0853. The standard InChI is InChI=1S/3C14H15P.2ClH.Ru/c3*1-2-15(13-9-5-3-6-10-13)14-11-7-4-8-12-14;;;/h3*3-12H,2H2,1H3;2*1H;/q;;;;;-1/p+1. The molecule has 0 amide bonds. The maximum atomic E-state index is 9.80. The first-order valence-electron chi connectivity index (χ1n) is 16.9. The topological polar surface area (TPSA) is 0 Å². The van der Waals surface area contributed by atoms with Crippen molar-refractivity contribution in [2.75, 3.05) is 18.5 Å². The van der Waals surface area contributed by atoms with Crippen LogP contribution in [0.25, 0.3) is 0 Å². The summed E-state index contributed by atoms with van der Waals surface area (Å²) in [4.78, 5) is 0. The van der Waals surface area contributed by atoms with E-state index in [0.29, 0.717) is 0 Å². The van der Waals surface area contributed by atoms with Crippen molar-refractivity contribution in [2.45, 2.75) is 20.8 Å². The molecule has 0 saturated heterocycles. The van der Waals surface area contributed by atoms with Gasteiger partial charge in [-0.25, -0.2) is 0 Å². The molecule has 48 heavy (non-hydrogen) atoms. The van der Waals surface area contributed by atoms with E-state index in [1.807, 2.05) is 0 Å². The van der Waals surface area contributed by atoms with Crippen molar-refractivity contribution in [1.29, 1.82) is 0 Å². The monoisotopic (exact) mass is 817 g/mol. The normalized spacial score (nSPS) is 14.4. The van der Waals surface area contributed by atoms with Crippen molar-refractivity contribution in [3.63, 3.8) is 0 Å². The molecule has 6 aromatic rings. The molecule has 0 nitrogen and oxygen atoms in total. The molecule has 0 N–H and O–H groups in total. The molecule has 0 atom stereocenters. The minimum absolute atomic E-state index is 0.918. The van der Waals surface area contributed by atoms with Crippen molar-refractivity contribution < 1.29 is 10.2 Å². The summed E-state index contributed by atoms with van der Waals surface area (Å²) < 4.78 is 0. The average molecular weight is 818 g/mol. The Morgan fingerprint density at radius 1 is 0.312 bits per heavy atom. The Morgan fingerprint density at radius 2 is 0.458 bits per heavy atom. The van der Waals surface area contributed by atoms with E-state index in [4.69, 9.17) is 0 Å². The molecule has 0 aliphatic rings. The van der Waals surface area contributed by atoms with Gasteiger partial charge in [-0.15, -0.1) is 0 Å². The summed E-state index contributed by atoms with van der Waals surface area (Å²) in [6.07, 6.45) is 2.76. The molecule has 0 aliphatic heterocycles. The van der Waals surface area contributed by atoms with Crippen molar-refractivity contribution in [2.24, 2.45) is 0 Å². The molecule has 6 rings (SSSR count). The summed E-state index contributed by atoms with van der Waals surface area (Å²) in [6.45, 7) is 7.23. The van der Waals surface area contributed by atoms with Crippen molar-refractivity contribution >= 4 is 68.0 Å². The summed E-state index contributed by atoms with van der Waals surface area (Å²) in [5.41, 5.74) is -9.33. The first kappa shape index (κ1) is 35.6. The average Bonchev–Trinajstić information content (AvgIpc) is 3.16. The van der Waals surface area contributed by atoms with Crippen molar-refractivity contribution in [1.82, 2.24) is 0 Å². The van der Waals surface area contributed by atoms with Crippen LogP contribution in [0, 0.1) is 0 Å². The van der Waals surface area contributed by atoms with Gasteiger partial charge in [-0.3, -0.25) is 0 Å². The molecule has 0 spiro atoms. The van der Waals surface area contributed by atoms with Crippen LogP contribution in [0.15, 0.2) is 182 Å². The van der Waals surface area contributed by atoms with Crippen LogP contribution < -0.4 is 31.8 Å². The second kappa shape index (κ2) is 14.6. The molecule has 0 heterocycles. The Kier molecular flexibility index (Phi) is 10.8. The predicted molar refractivity (Wildman–Crippen MR) is 225 cm³/mol. The summed E-state index contributed by atoms with van der Waals surface area (Å²) in [7, 11) is 14.4. The Bertz CT molecular complexity index is 1560. The van der Waals surface area contributed by atoms with Gasteiger partial charge in [0.05, 0.1) is 0 Å². The van der Waals surface area contributed by atoms with Crippen LogP contribution in [0.3, 0.4) is 0 Å². The van der Waals surface area contributed by atoms with E-state index in [-0.39, 0.29) is 0 Å². The Morgan fingerprint density at radius 3 is 0.583 bits per heavy atom. The Balaban J connectivity index is 2.02. The van der Waals surface area contributed by atoms with E-state index >= 15 is 0 Å². The number of benzene rings is 6. The van der Waals surface area contributed by atoms with Gasteiger partial charge >= 0.3 is 299 Å². The van der Waals surface area contributed by atoms with Gasteiger partial charge in [-0.1, -0.05) is 0 Å². The summed E-state index contributed by atoms with van der Waals surface area (Å²) >= 11 is 0. The zero-order chi connectivity index (χ0) is 33.7. The third-order valence-corrected chi connectivity index (χ3v) is 118. The SMILES string of the molecule is CC[PH](c1ccccc1)(c1ccccc1)[Ru]([Cl])([Cl])([PH](CC)(c1ccccc1)c1ccccc1)[PH](CC)(c1ccccc1)c1ccccc1. The fraction of sp³-hybridized carbons (Fsp3) is 0.143. The van der Waals surface area contributed by atoms with Gasteiger partial charge in [0.1, 0.15) is 0 Å². The van der Waals surface area contributed by atoms with Crippen LogP contribution in [-0.2, 0) is 10.2 Å². The Labute approximate surface area is 297 Å². The van der Waals surface area contributed by atoms with Crippen LogP contribution in [0.2, 0.25) is 0 Å². The predicted octanol–water partition coefficient (Wildman–Crippen LogP) is 9.99. The van der Waals surface area contributed by atoms with Crippen molar-refractivity contribution in [3.8, 4) is 0 Å². The number of hydrogen-bond donors (Lipinski definition) is 0. The molecule has 0 saturated carbocycles. The van der Waals surface area contributed by atoms with Crippen LogP contribution in [0.4, 0.5) is 0 Å². The van der Waals surface area contributed by atoms with Gasteiger partial charge in [-0.05, 0) is 0 Å². The zero-order valence-corrected chi connectivity index (χ0v) is 34.3. The van der Waals surface area contributed by atoms with E-state index in [1.54, 1.807) is 0 Å². The van der Waals surface area contributed by atoms with E-state index in [9.17, 15) is 19.4 Å². The second-order valence-electron chi connectivity index (χ2n) is 12.3. The van der Waals surface area contributed by atoms with E-state index in [1.165, 1.54) is 31.8 Å². The van der Waals surface area contributed by atoms with Crippen LogP contribution in [0.5, 0.6) is 0 Å². The zero-order valence-electron chi connectivity index (χ0n) is 28.1. The molecular weight excluding hydrogens is 769 g/mol. The third-order valence-electron chi connectivity index (χ3n) is 10.4. The molecule has 0 radical (unpaired) electrons. The van der Waals surface area contributed by atoms with Crippen LogP contribution in [0.1, 0.15) is 20.8 Å². The van der Waals surface area contributed by atoms with E-state index in [2.05, 4.69) is 203 Å². The minimum atomic E-state index is -5.15. The first-order valence-corrected chi connectivity index (χ1v) is 35.4. The number of hydrogen-bond acceptors (Lipinski definition) is 0. The fourth-order valence-corrected chi connectivity index (χ4v) is 152. The summed E-state index contributed by atoms with van der Waals surface area (Å²) in [5.74, 6) is 0. The summed E-state index contributed by atoms with van der Waals surface area (Å²) in [6, 6.07) is 68.0. The van der Waals surface area contributed by atoms with Gasteiger partial charge < -0.3 is 0 Å². The molecule has 0 fully saturated rings. The van der Waals surface area contributed by atoms with E-state index < -0.39 is 27.0 Å². The molecule has 0 aliphatic carbocycles. The maximum absolute atomic E-state index is 9.80.